The lowest BCUT2D eigenvalue weighted by atomic mass is 9.99. The van der Waals surface area contributed by atoms with Crippen molar-refractivity contribution in [3.63, 3.8) is 0 Å². The quantitative estimate of drug-likeness (QED) is 0.392. The van der Waals surface area contributed by atoms with Gasteiger partial charge in [-0.25, -0.2) is 0 Å². The molecule has 0 amide bonds. The van der Waals surface area contributed by atoms with Crippen molar-refractivity contribution in [2.45, 2.75) is 25.7 Å². The van der Waals surface area contributed by atoms with E-state index in [1.807, 2.05) is 0 Å². The first-order valence-electron chi connectivity index (χ1n) is 5.21. The highest BCUT2D eigenvalue weighted by atomic mass is 16.3. The van der Waals surface area contributed by atoms with E-state index in [2.05, 4.69) is 0 Å². The number of rotatable bonds is 9. The number of hydrogen-bond donors (Lipinski definition) is 4. The summed E-state index contributed by atoms with van der Waals surface area (Å²) < 4.78 is 0. The van der Waals surface area contributed by atoms with E-state index < -0.39 is 0 Å². The van der Waals surface area contributed by atoms with Crippen LogP contribution >= 0.6 is 0 Å². The second kappa shape index (κ2) is 9.40. The molecule has 0 spiro atoms. The highest BCUT2D eigenvalue weighted by molar-refractivity contribution is 4.59. The molecule has 86 valence electrons. The zero-order chi connectivity index (χ0) is 10.8. The van der Waals surface area contributed by atoms with Crippen LogP contribution < -0.4 is 0 Å². The van der Waals surface area contributed by atoms with Crippen LogP contribution in [0.3, 0.4) is 0 Å². The molecule has 0 unspecified atom stereocenters. The first kappa shape index (κ1) is 13.8. The molecule has 0 aliphatic carbocycles. The van der Waals surface area contributed by atoms with Crippen LogP contribution in [-0.4, -0.2) is 46.9 Å². The summed E-state index contributed by atoms with van der Waals surface area (Å²) in [5, 5.41) is 35.1. The molecular formula is C10H22O4. The summed E-state index contributed by atoms with van der Waals surface area (Å²) in [4.78, 5) is 0. The molecule has 0 heterocycles. The summed E-state index contributed by atoms with van der Waals surface area (Å²) in [6, 6.07) is 0. The van der Waals surface area contributed by atoms with Gasteiger partial charge in [-0.15, -0.1) is 0 Å². The van der Waals surface area contributed by atoms with Gasteiger partial charge in [0, 0.05) is 38.3 Å². The van der Waals surface area contributed by atoms with Crippen molar-refractivity contribution in [2.24, 2.45) is 11.8 Å². The Morgan fingerprint density at radius 1 is 0.571 bits per heavy atom. The van der Waals surface area contributed by atoms with Crippen LogP contribution in [0.5, 0.6) is 0 Å². The molecule has 4 heteroatoms. The van der Waals surface area contributed by atoms with E-state index in [-0.39, 0.29) is 38.3 Å². The molecule has 0 aromatic carbocycles. The molecule has 0 aliphatic heterocycles. The van der Waals surface area contributed by atoms with Gasteiger partial charge in [-0.1, -0.05) is 12.8 Å². The average Bonchev–Trinajstić information content (AvgIpc) is 2.24. The lowest BCUT2D eigenvalue weighted by Crippen LogP contribution is -2.12. The zero-order valence-electron chi connectivity index (χ0n) is 8.60. The zero-order valence-corrected chi connectivity index (χ0v) is 8.60. The van der Waals surface area contributed by atoms with Gasteiger partial charge in [0.05, 0.1) is 0 Å². The summed E-state index contributed by atoms with van der Waals surface area (Å²) in [6.07, 6.45) is 3.44. The number of aliphatic hydroxyl groups excluding tert-OH is 4. The molecule has 0 aromatic rings. The molecule has 0 rings (SSSR count). The fourth-order valence-electron chi connectivity index (χ4n) is 1.35. The van der Waals surface area contributed by atoms with Gasteiger partial charge in [0.25, 0.3) is 0 Å². The number of unbranched alkanes of at least 4 members (excludes halogenated alkanes) is 1. The molecule has 0 saturated heterocycles. The lowest BCUT2D eigenvalue weighted by Gasteiger charge is -2.12. The second-order valence-electron chi connectivity index (χ2n) is 3.75. The Bertz CT molecular complexity index is 96.7. The Morgan fingerprint density at radius 3 is 1.07 bits per heavy atom. The van der Waals surface area contributed by atoms with Crippen molar-refractivity contribution in [3.8, 4) is 0 Å². The Morgan fingerprint density at radius 2 is 0.857 bits per heavy atom. The van der Waals surface area contributed by atoms with E-state index in [1.165, 1.54) is 0 Å². The van der Waals surface area contributed by atoms with Crippen LogP contribution in [0.25, 0.3) is 0 Å². The van der Waals surface area contributed by atoms with Crippen LogP contribution in [0.2, 0.25) is 0 Å². The molecule has 0 atom stereocenters. The molecule has 0 fully saturated rings. The minimum atomic E-state index is -0.0169. The van der Waals surface area contributed by atoms with Gasteiger partial charge in [0.1, 0.15) is 0 Å². The monoisotopic (exact) mass is 206 g/mol. The van der Waals surface area contributed by atoms with E-state index in [1.54, 1.807) is 0 Å². The molecular weight excluding hydrogens is 184 g/mol. The van der Waals surface area contributed by atoms with Gasteiger partial charge in [-0.05, 0) is 12.8 Å². The van der Waals surface area contributed by atoms with E-state index in [0.29, 0.717) is 0 Å². The van der Waals surface area contributed by atoms with Crippen LogP contribution in [0.15, 0.2) is 0 Å². The van der Waals surface area contributed by atoms with E-state index in [4.69, 9.17) is 20.4 Å². The SMILES string of the molecule is OCC(CO)CCCCC(CO)CO. The van der Waals surface area contributed by atoms with E-state index in [9.17, 15) is 0 Å². The van der Waals surface area contributed by atoms with Gasteiger partial charge in [0.15, 0.2) is 0 Å². The van der Waals surface area contributed by atoms with Gasteiger partial charge >= 0.3 is 0 Å². The van der Waals surface area contributed by atoms with Crippen molar-refractivity contribution in [1.82, 2.24) is 0 Å². The van der Waals surface area contributed by atoms with Gasteiger partial charge in [-0.3, -0.25) is 0 Å². The normalized spacial score (nSPS) is 11.6. The fraction of sp³-hybridized carbons (Fsp3) is 1.00. The maximum Gasteiger partial charge on any atom is 0.0481 e. The van der Waals surface area contributed by atoms with Crippen molar-refractivity contribution < 1.29 is 20.4 Å². The Balaban J connectivity index is 3.35. The highest BCUT2D eigenvalue weighted by Gasteiger charge is 2.08. The first-order valence-corrected chi connectivity index (χ1v) is 5.21. The maximum absolute atomic E-state index is 8.79. The molecule has 0 saturated carbocycles. The Labute approximate surface area is 85.2 Å². The summed E-state index contributed by atoms with van der Waals surface area (Å²) >= 11 is 0. The summed E-state index contributed by atoms with van der Waals surface area (Å²) in [5.74, 6) is -0.0339. The highest BCUT2D eigenvalue weighted by Crippen LogP contribution is 2.12. The average molecular weight is 206 g/mol. The third-order valence-electron chi connectivity index (χ3n) is 2.51. The molecule has 14 heavy (non-hydrogen) atoms. The Hall–Kier alpha value is -0.160. The van der Waals surface area contributed by atoms with Crippen molar-refractivity contribution in [1.29, 1.82) is 0 Å². The topological polar surface area (TPSA) is 80.9 Å². The summed E-state index contributed by atoms with van der Waals surface area (Å²) in [5.41, 5.74) is 0. The first-order chi connectivity index (χ1) is 6.78. The van der Waals surface area contributed by atoms with Crippen LogP contribution in [0, 0.1) is 11.8 Å². The number of hydrogen-bond acceptors (Lipinski definition) is 4. The van der Waals surface area contributed by atoms with Crippen LogP contribution in [0.1, 0.15) is 25.7 Å². The van der Waals surface area contributed by atoms with Crippen molar-refractivity contribution in [2.75, 3.05) is 26.4 Å². The van der Waals surface area contributed by atoms with Crippen molar-refractivity contribution in [3.05, 3.63) is 0 Å². The largest absolute Gasteiger partial charge is 0.396 e. The summed E-state index contributed by atoms with van der Waals surface area (Å²) in [6.45, 7) is 0.111. The molecule has 4 N–H and O–H groups in total. The molecule has 0 aromatic heterocycles. The van der Waals surface area contributed by atoms with Crippen LogP contribution in [-0.2, 0) is 0 Å². The molecule has 4 nitrogen and oxygen atoms in total. The van der Waals surface area contributed by atoms with E-state index in [0.717, 1.165) is 25.7 Å². The molecule has 0 aliphatic rings. The van der Waals surface area contributed by atoms with Gasteiger partial charge in [0.2, 0.25) is 0 Å². The third-order valence-corrected chi connectivity index (χ3v) is 2.51. The standard InChI is InChI=1S/C10H22O4/c11-5-9(6-12)3-1-2-4-10(7-13)8-14/h9-14H,1-8H2. The smallest absolute Gasteiger partial charge is 0.0481 e. The minimum absolute atomic E-state index is 0.0169. The second-order valence-corrected chi connectivity index (χ2v) is 3.75. The van der Waals surface area contributed by atoms with Gasteiger partial charge < -0.3 is 20.4 Å². The lowest BCUT2D eigenvalue weighted by molar-refractivity contribution is 0.131. The third kappa shape index (κ3) is 6.32. The van der Waals surface area contributed by atoms with E-state index >= 15 is 0 Å². The maximum atomic E-state index is 8.79. The predicted octanol–water partition coefficient (Wildman–Crippen LogP) is -0.252. The predicted molar refractivity (Wildman–Crippen MR) is 53.8 cm³/mol. The van der Waals surface area contributed by atoms with Crippen molar-refractivity contribution >= 4 is 0 Å². The van der Waals surface area contributed by atoms with Crippen LogP contribution in [0.4, 0.5) is 0 Å². The Kier molecular flexibility index (Phi) is 9.29. The minimum Gasteiger partial charge on any atom is -0.396 e. The number of aliphatic hydroxyl groups is 4. The molecule has 0 radical (unpaired) electrons. The molecule has 0 bridgehead atoms. The van der Waals surface area contributed by atoms with Gasteiger partial charge in [-0.2, -0.15) is 0 Å². The summed E-state index contributed by atoms with van der Waals surface area (Å²) in [7, 11) is 0. The fourth-order valence-corrected chi connectivity index (χ4v) is 1.35.